The molecule has 2 heterocycles. The zero-order valence-corrected chi connectivity index (χ0v) is 17.0. The van der Waals surface area contributed by atoms with Gasteiger partial charge in [-0.15, -0.1) is 0 Å². The van der Waals surface area contributed by atoms with Gasteiger partial charge in [-0.1, -0.05) is 0 Å². The maximum atomic E-state index is 12.0. The molecule has 2 N–H and O–H groups in total. The van der Waals surface area contributed by atoms with Gasteiger partial charge in [-0.05, 0) is 46.6 Å². The highest BCUT2D eigenvalue weighted by Crippen LogP contribution is 2.15. The van der Waals surface area contributed by atoms with E-state index in [0.717, 1.165) is 24.6 Å². The maximum absolute atomic E-state index is 12.0. The van der Waals surface area contributed by atoms with Gasteiger partial charge < -0.3 is 20.3 Å². The molecule has 2 rings (SSSR count). The quantitative estimate of drug-likeness (QED) is 0.623. The normalized spacial score (nSPS) is 15.7. The van der Waals surface area contributed by atoms with Crippen molar-refractivity contribution in [1.82, 2.24) is 25.3 Å². The Kier molecular flexibility index (Phi) is 6.15. The summed E-state index contributed by atoms with van der Waals surface area (Å²) in [5, 5.41) is 11.1. The lowest BCUT2D eigenvalue weighted by Gasteiger charge is -2.40. The van der Waals surface area contributed by atoms with Crippen molar-refractivity contribution in [3.05, 3.63) is 17.0 Å². The van der Waals surface area contributed by atoms with Crippen LogP contribution in [0.4, 0.5) is 4.79 Å². The van der Waals surface area contributed by atoms with Crippen LogP contribution in [0.5, 0.6) is 0 Å². The fourth-order valence-corrected chi connectivity index (χ4v) is 2.92. The van der Waals surface area contributed by atoms with E-state index < -0.39 is 5.60 Å². The van der Waals surface area contributed by atoms with Crippen molar-refractivity contribution in [3.63, 3.8) is 0 Å². The Bertz CT molecular complexity index is 668. The second kappa shape index (κ2) is 7.97. The highest BCUT2D eigenvalue weighted by molar-refractivity contribution is 5.80. The predicted octanol–water partition coefficient (Wildman–Crippen LogP) is 1.36. The largest absolute Gasteiger partial charge is 0.444 e. The first kappa shape index (κ1) is 20.1. The fraction of sp³-hybridized carbons (Fsp3) is 0.722. The molecule has 0 unspecified atom stereocenters. The first-order valence-corrected chi connectivity index (χ1v) is 9.05. The van der Waals surface area contributed by atoms with Crippen LogP contribution in [0.2, 0.25) is 0 Å². The smallest absolute Gasteiger partial charge is 0.410 e. The molecule has 146 valence electrons. The first-order chi connectivity index (χ1) is 12.1. The zero-order valence-electron chi connectivity index (χ0n) is 17.0. The lowest BCUT2D eigenvalue weighted by atomic mass is 10.1. The number of rotatable bonds is 4. The van der Waals surface area contributed by atoms with E-state index in [1.54, 1.807) is 11.9 Å². The number of hydrogen-bond donors (Lipinski definition) is 2. The molecule has 0 spiro atoms. The molecule has 0 atom stereocenters. The molecule has 0 aliphatic carbocycles. The molecule has 1 saturated heterocycles. The molecule has 0 bridgehead atoms. The van der Waals surface area contributed by atoms with Crippen molar-refractivity contribution in [1.29, 1.82) is 0 Å². The van der Waals surface area contributed by atoms with Gasteiger partial charge in [-0.3, -0.25) is 9.67 Å². The molecule has 8 nitrogen and oxygen atoms in total. The highest BCUT2D eigenvalue weighted by Gasteiger charge is 2.34. The summed E-state index contributed by atoms with van der Waals surface area (Å²) in [5.74, 6) is 0.748. The van der Waals surface area contributed by atoms with Crippen molar-refractivity contribution in [2.75, 3.05) is 26.7 Å². The predicted molar refractivity (Wildman–Crippen MR) is 102 cm³/mol. The van der Waals surface area contributed by atoms with Gasteiger partial charge in [0.15, 0.2) is 5.96 Å². The Hall–Kier alpha value is -2.25. The van der Waals surface area contributed by atoms with Gasteiger partial charge in [0.25, 0.3) is 0 Å². The maximum Gasteiger partial charge on any atom is 0.410 e. The molecule has 8 heteroatoms. The number of nitrogens with zero attached hydrogens (tertiary/aromatic N) is 4. The highest BCUT2D eigenvalue weighted by atomic mass is 16.6. The molecule has 0 aromatic carbocycles. The minimum Gasteiger partial charge on any atom is -0.444 e. The van der Waals surface area contributed by atoms with E-state index in [4.69, 9.17) is 4.74 Å². The van der Waals surface area contributed by atoms with Gasteiger partial charge in [0, 0.05) is 39.4 Å². The van der Waals surface area contributed by atoms with Crippen molar-refractivity contribution < 1.29 is 9.53 Å². The number of carbonyl (C=O) groups excluding carboxylic acids is 1. The van der Waals surface area contributed by atoms with E-state index in [-0.39, 0.29) is 12.1 Å². The standard InChI is InChI=1S/C18H32N6O2/c1-12-15(13(2)23(7)22-12)8-9-20-16(19-6)21-14-10-24(11-14)17(25)26-18(3,4)5/h14H,8-11H2,1-7H3,(H2,19,20,21). The number of nitrogens with one attached hydrogen (secondary N) is 2. The van der Waals surface area contributed by atoms with Crippen molar-refractivity contribution in [2.45, 2.75) is 52.7 Å². The Balaban J connectivity index is 1.73. The summed E-state index contributed by atoms with van der Waals surface area (Å²) in [4.78, 5) is 17.9. The number of aliphatic imine (C=N–C) groups is 1. The molecule has 0 radical (unpaired) electrons. The first-order valence-electron chi connectivity index (χ1n) is 9.05. The van der Waals surface area contributed by atoms with E-state index in [1.165, 1.54) is 11.3 Å². The summed E-state index contributed by atoms with van der Waals surface area (Å²) in [6, 6.07) is 0.190. The van der Waals surface area contributed by atoms with E-state index >= 15 is 0 Å². The van der Waals surface area contributed by atoms with Gasteiger partial charge in [0.05, 0.1) is 11.7 Å². The minimum absolute atomic E-state index is 0.190. The molecule has 1 aliphatic heterocycles. The molecular formula is C18H32N6O2. The number of hydrogen-bond acceptors (Lipinski definition) is 4. The number of aromatic nitrogens is 2. The minimum atomic E-state index is -0.463. The van der Waals surface area contributed by atoms with Crippen LogP contribution in [0.25, 0.3) is 0 Å². The van der Waals surface area contributed by atoms with Crippen LogP contribution in [0, 0.1) is 13.8 Å². The third-order valence-electron chi connectivity index (χ3n) is 4.42. The SMILES string of the molecule is CN=C(NCCc1c(C)nn(C)c1C)NC1CN(C(=O)OC(C)(C)C)C1. The van der Waals surface area contributed by atoms with Crippen molar-refractivity contribution in [3.8, 4) is 0 Å². The van der Waals surface area contributed by atoms with E-state index in [2.05, 4.69) is 27.6 Å². The van der Waals surface area contributed by atoms with Crippen molar-refractivity contribution in [2.24, 2.45) is 12.0 Å². The lowest BCUT2D eigenvalue weighted by molar-refractivity contribution is 0.00701. The number of carbonyl (C=O) groups is 1. The topological polar surface area (TPSA) is 83.8 Å². The van der Waals surface area contributed by atoms with Crippen LogP contribution in [0.1, 0.15) is 37.7 Å². The molecule has 1 aromatic heterocycles. The van der Waals surface area contributed by atoms with Crippen LogP contribution in [-0.4, -0.2) is 65.1 Å². The molecule has 26 heavy (non-hydrogen) atoms. The third-order valence-corrected chi connectivity index (χ3v) is 4.42. The fourth-order valence-electron chi connectivity index (χ4n) is 2.92. The van der Waals surface area contributed by atoms with Crippen LogP contribution in [0.3, 0.4) is 0 Å². The molecule has 0 saturated carbocycles. The summed E-state index contributed by atoms with van der Waals surface area (Å²) >= 11 is 0. The van der Waals surface area contributed by atoms with Crippen LogP contribution in [0.15, 0.2) is 4.99 Å². The average Bonchev–Trinajstić information content (AvgIpc) is 2.72. The Morgan fingerprint density at radius 1 is 1.35 bits per heavy atom. The average molecular weight is 364 g/mol. The van der Waals surface area contributed by atoms with E-state index in [1.807, 2.05) is 39.4 Å². The van der Waals surface area contributed by atoms with Gasteiger partial charge in [0.1, 0.15) is 5.60 Å². The van der Waals surface area contributed by atoms with E-state index in [9.17, 15) is 4.79 Å². The number of guanidine groups is 1. The van der Waals surface area contributed by atoms with Gasteiger partial charge >= 0.3 is 6.09 Å². The lowest BCUT2D eigenvalue weighted by Crippen LogP contribution is -2.63. The molecule has 1 amide bonds. The summed E-state index contributed by atoms with van der Waals surface area (Å²) in [5.41, 5.74) is 3.08. The number of aryl methyl sites for hydroxylation is 2. The monoisotopic (exact) mass is 364 g/mol. The van der Waals surface area contributed by atoms with Gasteiger partial charge in [-0.2, -0.15) is 5.10 Å². The van der Waals surface area contributed by atoms with Crippen LogP contribution < -0.4 is 10.6 Å². The van der Waals surface area contributed by atoms with Gasteiger partial charge in [0.2, 0.25) is 0 Å². The number of amides is 1. The second-order valence-electron chi connectivity index (χ2n) is 7.75. The zero-order chi connectivity index (χ0) is 19.5. The summed E-state index contributed by atoms with van der Waals surface area (Å²) < 4.78 is 7.28. The molecular weight excluding hydrogens is 332 g/mol. The number of likely N-dealkylation sites (tertiary alicyclic amines) is 1. The second-order valence-corrected chi connectivity index (χ2v) is 7.75. The van der Waals surface area contributed by atoms with Gasteiger partial charge in [-0.25, -0.2) is 4.79 Å². The summed E-state index contributed by atoms with van der Waals surface area (Å²) in [6.07, 6.45) is 0.627. The number of ether oxygens (including phenoxy) is 1. The van der Waals surface area contributed by atoms with Crippen LogP contribution in [-0.2, 0) is 18.2 Å². The van der Waals surface area contributed by atoms with Crippen molar-refractivity contribution >= 4 is 12.1 Å². The summed E-state index contributed by atoms with van der Waals surface area (Å²) in [7, 11) is 3.72. The Morgan fingerprint density at radius 2 is 2.00 bits per heavy atom. The molecule has 1 aromatic rings. The molecule has 1 aliphatic rings. The third kappa shape index (κ3) is 5.12. The summed E-state index contributed by atoms with van der Waals surface area (Å²) in [6.45, 7) is 11.8. The Labute approximate surface area is 156 Å². The Morgan fingerprint density at radius 3 is 2.50 bits per heavy atom. The molecule has 1 fully saturated rings. The van der Waals surface area contributed by atoms with E-state index in [0.29, 0.717) is 13.1 Å². The van der Waals surface area contributed by atoms with Crippen LogP contribution >= 0.6 is 0 Å².